The Morgan fingerprint density at radius 3 is 3.38 bits per heavy atom. The zero-order valence-electron chi connectivity index (χ0n) is 9.52. The first-order chi connectivity index (χ1) is 7.90. The van der Waals surface area contributed by atoms with E-state index in [0.29, 0.717) is 11.3 Å². The zero-order chi connectivity index (χ0) is 11.2. The van der Waals surface area contributed by atoms with Gasteiger partial charge in [-0.15, -0.1) is 11.3 Å². The molecule has 0 aliphatic carbocycles. The molecule has 0 spiro atoms. The fourth-order valence-electron chi connectivity index (χ4n) is 1.79. The van der Waals surface area contributed by atoms with Gasteiger partial charge in [0.25, 0.3) is 0 Å². The van der Waals surface area contributed by atoms with Gasteiger partial charge in [0.2, 0.25) is 0 Å². The predicted molar refractivity (Wildman–Crippen MR) is 69.3 cm³/mol. The van der Waals surface area contributed by atoms with Gasteiger partial charge in [0.05, 0.1) is 11.9 Å². The van der Waals surface area contributed by atoms with Crippen LogP contribution in [-0.2, 0) is 4.74 Å². The average Bonchev–Trinajstić information content (AvgIpc) is 2.81. The number of ether oxygens (including phenoxy) is 1. The first kappa shape index (κ1) is 12.4. The Morgan fingerprint density at radius 1 is 1.69 bits per heavy atom. The van der Waals surface area contributed by atoms with Crippen molar-refractivity contribution in [3.63, 3.8) is 0 Å². The van der Waals surface area contributed by atoms with Crippen LogP contribution in [0.2, 0.25) is 0 Å². The lowest BCUT2D eigenvalue weighted by Gasteiger charge is -2.31. The summed E-state index contributed by atoms with van der Waals surface area (Å²) in [5.74, 6) is 0. The number of nitrogens with zero attached hydrogens (tertiary/aromatic N) is 1. The second kappa shape index (κ2) is 6.59. The Labute approximate surface area is 105 Å². The average molecular weight is 258 g/mol. The number of rotatable bonds is 5. The van der Waals surface area contributed by atoms with Crippen LogP contribution in [0.5, 0.6) is 0 Å². The molecule has 1 saturated heterocycles. The molecule has 5 heteroatoms. The third-order valence-corrected chi connectivity index (χ3v) is 4.84. The van der Waals surface area contributed by atoms with Gasteiger partial charge in [-0.05, 0) is 19.4 Å². The Morgan fingerprint density at radius 2 is 2.62 bits per heavy atom. The summed E-state index contributed by atoms with van der Waals surface area (Å²) in [4.78, 5) is 4.32. The van der Waals surface area contributed by atoms with Crippen LogP contribution in [0.15, 0.2) is 15.9 Å². The molecule has 1 aromatic rings. The van der Waals surface area contributed by atoms with Crippen LogP contribution < -0.4 is 5.32 Å². The van der Waals surface area contributed by atoms with Gasteiger partial charge in [0.1, 0.15) is 4.34 Å². The molecule has 1 aliphatic rings. The summed E-state index contributed by atoms with van der Waals surface area (Å²) in [6, 6.07) is 0.572. The van der Waals surface area contributed by atoms with Crippen LogP contribution in [0, 0.1) is 0 Å². The Balaban J connectivity index is 1.88. The third-order valence-electron chi connectivity index (χ3n) is 2.62. The van der Waals surface area contributed by atoms with E-state index in [2.05, 4.69) is 17.2 Å². The van der Waals surface area contributed by atoms with Gasteiger partial charge in [-0.3, -0.25) is 0 Å². The first-order valence-corrected chi connectivity index (χ1v) is 7.53. The lowest BCUT2D eigenvalue weighted by atomic mass is 10.1. The molecule has 1 N–H and O–H groups in total. The quantitative estimate of drug-likeness (QED) is 0.879. The number of thiazole rings is 1. The van der Waals surface area contributed by atoms with Crippen LogP contribution in [-0.4, -0.2) is 36.0 Å². The van der Waals surface area contributed by atoms with Crippen molar-refractivity contribution in [3.8, 4) is 0 Å². The van der Waals surface area contributed by atoms with Gasteiger partial charge >= 0.3 is 0 Å². The van der Waals surface area contributed by atoms with Crippen LogP contribution in [0.4, 0.5) is 0 Å². The summed E-state index contributed by atoms with van der Waals surface area (Å²) < 4.78 is 6.71. The van der Waals surface area contributed by atoms with E-state index in [0.717, 1.165) is 30.5 Å². The van der Waals surface area contributed by atoms with Gasteiger partial charge in [0, 0.05) is 24.2 Å². The molecule has 1 aliphatic heterocycles. The van der Waals surface area contributed by atoms with E-state index >= 15 is 0 Å². The minimum absolute atomic E-state index is 0.506. The highest BCUT2D eigenvalue weighted by Crippen LogP contribution is 2.30. The molecule has 2 unspecified atom stereocenters. The van der Waals surface area contributed by atoms with Gasteiger partial charge < -0.3 is 10.1 Å². The molecule has 2 atom stereocenters. The third kappa shape index (κ3) is 3.45. The van der Waals surface area contributed by atoms with Crippen molar-refractivity contribution >= 4 is 23.1 Å². The molecule has 1 aromatic heterocycles. The van der Waals surface area contributed by atoms with E-state index in [1.807, 2.05) is 23.3 Å². The topological polar surface area (TPSA) is 34.1 Å². The minimum atomic E-state index is 0.506. The minimum Gasteiger partial charge on any atom is -0.380 e. The van der Waals surface area contributed by atoms with Crippen LogP contribution in [0.25, 0.3) is 0 Å². The normalized spacial score (nSPS) is 25.8. The van der Waals surface area contributed by atoms with Crippen LogP contribution in [0.3, 0.4) is 0 Å². The maximum atomic E-state index is 5.56. The fourth-order valence-corrected chi connectivity index (χ4v) is 3.85. The van der Waals surface area contributed by atoms with Crippen molar-refractivity contribution in [3.05, 3.63) is 11.6 Å². The molecule has 90 valence electrons. The molecule has 2 rings (SSSR count). The van der Waals surface area contributed by atoms with E-state index in [9.17, 15) is 0 Å². The summed E-state index contributed by atoms with van der Waals surface area (Å²) in [6.45, 7) is 5.02. The summed E-state index contributed by atoms with van der Waals surface area (Å²) in [6.07, 6.45) is 4.17. The maximum Gasteiger partial charge on any atom is 0.150 e. The molecule has 0 bridgehead atoms. The van der Waals surface area contributed by atoms with E-state index < -0.39 is 0 Å². The molecule has 0 amide bonds. The number of thioether (sulfide) groups is 1. The molecule has 2 heterocycles. The lowest BCUT2D eigenvalue weighted by molar-refractivity contribution is 0.0833. The Kier molecular flexibility index (Phi) is 5.09. The van der Waals surface area contributed by atoms with E-state index in [-0.39, 0.29) is 0 Å². The smallest absolute Gasteiger partial charge is 0.150 e. The maximum absolute atomic E-state index is 5.56. The summed E-state index contributed by atoms with van der Waals surface area (Å²) in [7, 11) is 0. The summed E-state index contributed by atoms with van der Waals surface area (Å²) in [5.41, 5.74) is 0. The van der Waals surface area contributed by atoms with Crippen LogP contribution >= 0.6 is 23.1 Å². The van der Waals surface area contributed by atoms with Gasteiger partial charge in [-0.1, -0.05) is 18.7 Å². The molecule has 0 saturated carbocycles. The highest BCUT2D eigenvalue weighted by Gasteiger charge is 2.26. The van der Waals surface area contributed by atoms with E-state index in [1.54, 1.807) is 11.3 Å². The van der Waals surface area contributed by atoms with Crippen molar-refractivity contribution in [2.45, 2.75) is 35.4 Å². The van der Waals surface area contributed by atoms with Gasteiger partial charge in [-0.2, -0.15) is 0 Å². The second-order valence-corrected chi connectivity index (χ2v) is 6.26. The van der Waals surface area contributed by atoms with Crippen molar-refractivity contribution in [2.75, 3.05) is 19.8 Å². The summed E-state index contributed by atoms with van der Waals surface area (Å²) >= 11 is 3.56. The zero-order valence-corrected chi connectivity index (χ0v) is 11.1. The molecule has 3 nitrogen and oxygen atoms in total. The lowest BCUT2D eigenvalue weighted by Crippen LogP contribution is -2.45. The number of hydrogen-bond donors (Lipinski definition) is 1. The van der Waals surface area contributed by atoms with Crippen molar-refractivity contribution in [1.29, 1.82) is 0 Å². The van der Waals surface area contributed by atoms with Crippen molar-refractivity contribution < 1.29 is 4.74 Å². The monoisotopic (exact) mass is 258 g/mol. The van der Waals surface area contributed by atoms with Gasteiger partial charge in [0.15, 0.2) is 0 Å². The van der Waals surface area contributed by atoms with Crippen LogP contribution in [0.1, 0.15) is 19.8 Å². The number of nitrogens with one attached hydrogen (secondary N) is 1. The van der Waals surface area contributed by atoms with E-state index in [1.165, 1.54) is 6.42 Å². The Hall–Kier alpha value is -0.100. The highest BCUT2D eigenvalue weighted by atomic mass is 32.2. The highest BCUT2D eigenvalue weighted by molar-refractivity contribution is 8.01. The van der Waals surface area contributed by atoms with Crippen molar-refractivity contribution in [2.24, 2.45) is 0 Å². The largest absolute Gasteiger partial charge is 0.380 e. The molecule has 16 heavy (non-hydrogen) atoms. The number of hydrogen-bond acceptors (Lipinski definition) is 5. The molecule has 0 radical (unpaired) electrons. The molecule has 0 aromatic carbocycles. The standard InChI is InChI=1S/C11H18N2OS2/c1-2-4-12-9-3-6-14-8-10(9)16-11-13-5-7-15-11/h5,7,9-10,12H,2-4,6,8H2,1H3. The summed E-state index contributed by atoms with van der Waals surface area (Å²) in [5, 5.41) is 6.14. The first-order valence-electron chi connectivity index (χ1n) is 5.77. The Bertz CT molecular complexity index is 292. The van der Waals surface area contributed by atoms with Crippen molar-refractivity contribution in [1.82, 2.24) is 10.3 Å². The number of aromatic nitrogens is 1. The molecular weight excluding hydrogens is 240 g/mol. The van der Waals surface area contributed by atoms with Gasteiger partial charge in [-0.25, -0.2) is 4.98 Å². The predicted octanol–water partition coefficient (Wildman–Crippen LogP) is 2.39. The van der Waals surface area contributed by atoms with E-state index in [4.69, 9.17) is 4.74 Å². The SMILES string of the molecule is CCCNC1CCOCC1Sc1nccs1. The molecular formula is C11H18N2OS2. The fraction of sp³-hybridized carbons (Fsp3) is 0.727. The molecule has 1 fully saturated rings. The second-order valence-electron chi connectivity index (χ2n) is 3.88.